The van der Waals surface area contributed by atoms with Gasteiger partial charge in [-0.15, -0.1) is 0 Å². The molecule has 2 amide bonds. The minimum absolute atomic E-state index is 0.0304. The van der Waals surface area contributed by atoms with Crippen molar-refractivity contribution in [2.45, 2.75) is 19.8 Å². The van der Waals surface area contributed by atoms with Crippen molar-refractivity contribution < 1.29 is 14.0 Å². The molecule has 32 heavy (non-hydrogen) atoms. The number of amides is 2. The Kier molecular flexibility index (Phi) is 6.30. The molecule has 0 spiro atoms. The lowest BCUT2D eigenvalue weighted by Crippen LogP contribution is -2.45. The zero-order valence-corrected chi connectivity index (χ0v) is 18.1. The van der Waals surface area contributed by atoms with Crippen LogP contribution in [0.15, 0.2) is 73.1 Å². The van der Waals surface area contributed by atoms with Crippen LogP contribution in [0.25, 0.3) is 11.1 Å². The second kappa shape index (κ2) is 9.30. The minimum Gasteiger partial charge on any atom is -0.356 e. The summed E-state index contributed by atoms with van der Waals surface area (Å²) in [4.78, 5) is 31.9. The molecule has 1 aromatic heterocycles. The SMILES string of the molecule is CCNC(=O)[C@]1(Cc2cccc(-c3ccc(F)cc3)c2)CCN(C(=O)c2ccncc2)C1. The van der Waals surface area contributed by atoms with E-state index in [4.69, 9.17) is 0 Å². The number of pyridine rings is 1. The van der Waals surface area contributed by atoms with Gasteiger partial charge in [0.05, 0.1) is 5.41 Å². The molecule has 1 aliphatic heterocycles. The number of aromatic nitrogens is 1. The van der Waals surface area contributed by atoms with Crippen molar-refractivity contribution in [3.63, 3.8) is 0 Å². The fourth-order valence-corrected chi connectivity index (χ4v) is 4.37. The van der Waals surface area contributed by atoms with Crippen LogP contribution in [-0.4, -0.2) is 41.3 Å². The summed E-state index contributed by atoms with van der Waals surface area (Å²) < 4.78 is 13.3. The van der Waals surface area contributed by atoms with Crippen molar-refractivity contribution in [2.24, 2.45) is 5.41 Å². The van der Waals surface area contributed by atoms with Crippen LogP contribution in [0, 0.1) is 11.2 Å². The van der Waals surface area contributed by atoms with E-state index in [0.29, 0.717) is 38.0 Å². The third-order valence-electron chi connectivity index (χ3n) is 6.03. The molecule has 2 heterocycles. The second-order valence-electron chi connectivity index (χ2n) is 8.24. The summed E-state index contributed by atoms with van der Waals surface area (Å²) >= 11 is 0. The van der Waals surface area contributed by atoms with E-state index in [0.717, 1.165) is 16.7 Å². The van der Waals surface area contributed by atoms with Gasteiger partial charge in [0.25, 0.3) is 5.91 Å². The Hall–Kier alpha value is -3.54. The molecule has 164 valence electrons. The third kappa shape index (κ3) is 4.54. The van der Waals surface area contributed by atoms with Crippen LogP contribution < -0.4 is 5.32 Å². The molecule has 0 aliphatic carbocycles. The number of halogens is 1. The highest BCUT2D eigenvalue weighted by atomic mass is 19.1. The summed E-state index contributed by atoms with van der Waals surface area (Å²) in [7, 11) is 0. The minimum atomic E-state index is -0.694. The largest absolute Gasteiger partial charge is 0.356 e. The van der Waals surface area contributed by atoms with Crippen LogP contribution in [0.2, 0.25) is 0 Å². The molecule has 0 bridgehead atoms. The summed E-state index contributed by atoms with van der Waals surface area (Å²) in [5.74, 6) is -0.388. The first-order valence-corrected chi connectivity index (χ1v) is 10.8. The van der Waals surface area contributed by atoms with Gasteiger partial charge in [0, 0.05) is 37.6 Å². The maximum absolute atomic E-state index is 13.3. The Morgan fingerprint density at radius 2 is 1.81 bits per heavy atom. The van der Waals surface area contributed by atoms with E-state index in [1.807, 2.05) is 31.2 Å². The molecule has 0 radical (unpaired) electrons. The van der Waals surface area contributed by atoms with Gasteiger partial charge in [-0.2, -0.15) is 0 Å². The van der Waals surface area contributed by atoms with Crippen molar-refractivity contribution in [2.75, 3.05) is 19.6 Å². The van der Waals surface area contributed by atoms with Crippen LogP contribution in [-0.2, 0) is 11.2 Å². The number of hydrogen-bond acceptors (Lipinski definition) is 3. The van der Waals surface area contributed by atoms with Gasteiger partial charge in [0.15, 0.2) is 0 Å². The Labute approximate surface area is 187 Å². The van der Waals surface area contributed by atoms with Crippen molar-refractivity contribution in [1.82, 2.24) is 15.2 Å². The number of benzene rings is 2. The molecule has 1 saturated heterocycles. The van der Waals surface area contributed by atoms with Gasteiger partial charge in [-0.3, -0.25) is 14.6 Å². The first-order valence-electron chi connectivity index (χ1n) is 10.8. The van der Waals surface area contributed by atoms with Gasteiger partial charge in [0.1, 0.15) is 5.82 Å². The maximum atomic E-state index is 13.3. The van der Waals surface area contributed by atoms with E-state index < -0.39 is 5.41 Å². The highest BCUT2D eigenvalue weighted by Gasteiger charge is 2.45. The van der Waals surface area contributed by atoms with Gasteiger partial charge < -0.3 is 10.2 Å². The number of likely N-dealkylation sites (tertiary alicyclic amines) is 1. The Morgan fingerprint density at radius 1 is 1.06 bits per heavy atom. The van der Waals surface area contributed by atoms with Gasteiger partial charge in [0.2, 0.25) is 5.91 Å². The topological polar surface area (TPSA) is 62.3 Å². The Balaban J connectivity index is 1.59. The fraction of sp³-hybridized carbons (Fsp3) is 0.269. The van der Waals surface area contributed by atoms with E-state index in [9.17, 15) is 14.0 Å². The smallest absolute Gasteiger partial charge is 0.253 e. The van der Waals surface area contributed by atoms with E-state index in [-0.39, 0.29) is 17.6 Å². The summed E-state index contributed by atoms with van der Waals surface area (Å²) in [5.41, 5.74) is 2.78. The Morgan fingerprint density at radius 3 is 2.53 bits per heavy atom. The van der Waals surface area contributed by atoms with Gasteiger partial charge in [-0.1, -0.05) is 36.4 Å². The summed E-state index contributed by atoms with van der Waals surface area (Å²) in [5, 5.41) is 2.97. The number of carbonyl (C=O) groups excluding carboxylic acids is 2. The van der Waals surface area contributed by atoms with Crippen LogP contribution in [0.4, 0.5) is 4.39 Å². The number of carbonyl (C=O) groups is 2. The molecule has 1 fully saturated rings. The van der Waals surface area contributed by atoms with Crippen LogP contribution in [0.1, 0.15) is 29.3 Å². The molecule has 1 atom stereocenters. The maximum Gasteiger partial charge on any atom is 0.253 e. The molecule has 5 nitrogen and oxygen atoms in total. The van der Waals surface area contributed by atoms with Crippen molar-refractivity contribution in [1.29, 1.82) is 0 Å². The lowest BCUT2D eigenvalue weighted by atomic mass is 9.79. The molecule has 3 aromatic rings. The normalized spacial score (nSPS) is 17.9. The highest BCUT2D eigenvalue weighted by molar-refractivity contribution is 5.95. The molecule has 2 aromatic carbocycles. The second-order valence-corrected chi connectivity index (χ2v) is 8.24. The fourth-order valence-electron chi connectivity index (χ4n) is 4.37. The van der Waals surface area contributed by atoms with Gasteiger partial charge in [-0.25, -0.2) is 4.39 Å². The molecule has 1 N–H and O–H groups in total. The molecular formula is C26H26FN3O2. The number of nitrogens with zero attached hydrogens (tertiary/aromatic N) is 2. The highest BCUT2D eigenvalue weighted by Crippen LogP contribution is 2.36. The standard InChI is InChI=1S/C26H26FN3O2/c1-2-29-25(32)26(12-15-30(18-26)24(31)21-10-13-28-14-11-21)17-19-4-3-5-22(16-19)20-6-8-23(27)9-7-20/h3-11,13-14,16H,2,12,15,17-18H2,1H3,(H,29,32)/t26-/m0/s1. The molecule has 0 saturated carbocycles. The molecule has 1 aliphatic rings. The predicted octanol–water partition coefficient (Wildman–Crippen LogP) is 4.10. The van der Waals surface area contributed by atoms with E-state index in [1.54, 1.807) is 41.6 Å². The third-order valence-corrected chi connectivity index (χ3v) is 6.03. The first-order chi connectivity index (χ1) is 15.5. The number of rotatable bonds is 6. The first kappa shape index (κ1) is 21.7. The van der Waals surface area contributed by atoms with Crippen LogP contribution in [0.3, 0.4) is 0 Å². The monoisotopic (exact) mass is 431 g/mol. The van der Waals surface area contributed by atoms with Crippen molar-refractivity contribution in [3.05, 3.63) is 90.0 Å². The lowest BCUT2D eigenvalue weighted by molar-refractivity contribution is -0.130. The molecule has 4 rings (SSSR count). The predicted molar refractivity (Wildman–Crippen MR) is 121 cm³/mol. The van der Waals surface area contributed by atoms with E-state index >= 15 is 0 Å². The zero-order valence-electron chi connectivity index (χ0n) is 18.1. The van der Waals surface area contributed by atoms with Crippen LogP contribution >= 0.6 is 0 Å². The summed E-state index contributed by atoms with van der Waals surface area (Å²) in [6.07, 6.45) is 4.31. The summed E-state index contributed by atoms with van der Waals surface area (Å²) in [6.45, 7) is 3.32. The Bertz CT molecular complexity index is 1100. The van der Waals surface area contributed by atoms with Crippen LogP contribution in [0.5, 0.6) is 0 Å². The lowest BCUT2D eigenvalue weighted by Gasteiger charge is -2.28. The van der Waals surface area contributed by atoms with Crippen molar-refractivity contribution >= 4 is 11.8 Å². The average molecular weight is 432 g/mol. The van der Waals surface area contributed by atoms with Gasteiger partial charge >= 0.3 is 0 Å². The average Bonchev–Trinajstić information content (AvgIpc) is 3.25. The molecule has 6 heteroatoms. The van der Waals surface area contributed by atoms with Crippen molar-refractivity contribution in [3.8, 4) is 11.1 Å². The molecule has 0 unspecified atom stereocenters. The number of nitrogens with one attached hydrogen (secondary N) is 1. The summed E-state index contributed by atoms with van der Waals surface area (Å²) in [6, 6.07) is 17.7. The van der Waals surface area contributed by atoms with Gasteiger partial charge in [-0.05, 0) is 60.7 Å². The van der Waals surface area contributed by atoms with E-state index in [2.05, 4.69) is 10.3 Å². The number of hydrogen-bond donors (Lipinski definition) is 1. The quantitative estimate of drug-likeness (QED) is 0.639. The zero-order chi connectivity index (χ0) is 22.6. The van der Waals surface area contributed by atoms with E-state index in [1.165, 1.54) is 12.1 Å². The molecular weight excluding hydrogens is 405 g/mol.